The van der Waals surface area contributed by atoms with E-state index in [1.54, 1.807) is 6.07 Å². The molecule has 1 saturated carbocycles. The van der Waals surface area contributed by atoms with Crippen LogP contribution in [0.4, 0.5) is 14.5 Å². The molecule has 1 aliphatic heterocycles. The van der Waals surface area contributed by atoms with Crippen LogP contribution in [-0.4, -0.2) is 37.2 Å². The van der Waals surface area contributed by atoms with E-state index in [0.29, 0.717) is 12.5 Å². The smallest absolute Gasteiger partial charge is 0.187 e. The van der Waals surface area contributed by atoms with Crippen LogP contribution in [0.3, 0.4) is 0 Å². The van der Waals surface area contributed by atoms with Crippen LogP contribution in [0, 0.1) is 23.5 Å². The number of nitrogens with zero attached hydrogens (tertiary/aromatic N) is 2. The molecule has 1 heterocycles. The SMILES string of the molecule is CN(C)C1=NC(N)(C2CCC(CNCc3ccc(F)c(F)c3)CC2)Nc2ccccc21. The number of nitrogens with one attached hydrogen (secondary N) is 2. The Morgan fingerprint density at radius 2 is 1.84 bits per heavy atom. The largest absolute Gasteiger partial charge is 0.362 e. The molecular weight excluding hydrogens is 396 g/mol. The van der Waals surface area contributed by atoms with Crippen molar-refractivity contribution in [2.45, 2.75) is 38.0 Å². The molecular formula is C24H31F2N5. The predicted octanol–water partition coefficient (Wildman–Crippen LogP) is 3.91. The first kappa shape index (κ1) is 21.7. The highest BCUT2D eigenvalue weighted by molar-refractivity contribution is 6.05. The van der Waals surface area contributed by atoms with Crippen LogP contribution in [0.2, 0.25) is 0 Å². The van der Waals surface area contributed by atoms with Gasteiger partial charge in [-0.15, -0.1) is 0 Å². The van der Waals surface area contributed by atoms with Crippen molar-refractivity contribution in [2.24, 2.45) is 22.6 Å². The monoisotopic (exact) mass is 427 g/mol. The number of anilines is 1. The predicted molar refractivity (Wildman–Crippen MR) is 121 cm³/mol. The highest BCUT2D eigenvalue weighted by atomic mass is 19.2. The molecule has 1 fully saturated rings. The molecule has 1 atom stereocenters. The number of para-hydroxylation sites is 1. The summed E-state index contributed by atoms with van der Waals surface area (Å²) in [5, 5.41) is 6.89. The third-order valence-corrected chi connectivity index (χ3v) is 6.43. The molecule has 4 rings (SSSR count). The van der Waals surface area contributed by atoms with Gasteiger partial charge < -0.3 is 15.5 Å². The van der Waals surface area contributed by atoms with Gasteiger partial charge in [-0.2, -0.15) is 0 Å². The lowest BCUT2D eigenvalue weighted by molar-refractivity contribution is 0.192. The molecule has 1 unspecified atom stereocenters. The summed E-state index contributed by atoms with van der Waals surface area (Å²) < 4.78 is 26.4. The van der Waals surface area contributed by atoms with Gasteiger partial charge in [-0.05, 0) is 68.0 Å². The summed E-state index contributed by atoms with van der Waals surface area (Å²) in [6.45, 7) is 1.39. The van der Waals surface area contributed by atoms with Crippen molar-refractivity contribution in [1.29, 1.82) is 0 Å². The molecule has 7 heteroatoms. The Bertz CT molecular complexity index is 953. The third-order valence-electron chi connectivity index (χ3n) is 6.43. The van der Waals surface area contributed by atoms with Crippen LogP contribution in [0.1, 0.15) is 36.8 Å². The van der Waals surface area contributed by atoms with Crippen LogP contribution >= 0.6 is 0 Å². The maximum atomic E-state index is 13.4. The van der Waals surface area contributed by atoms with E-state index in [1.807, 2.05) is 31.1 Å². The van der Waals surface area contributed by atoms with E-state index in [9.17, 15) is 8.78 Å². The number of amidine groups is 1. The zero-order valence-corrected chi connectivity index (χ0v) is 18.2. The fourth-order valence-electron chi connectivity index (χ4n) is 4.68. The first-order chi connectivity index (χ1) is 14.9. The normalized spacial score (nSPS) is 25.4. The molecule has 4 N–H and O–H groups in total. The van der Waals surface area contributed by atoms with Crippen molar-refractivity contribution in [1.82, 2.24) is 10.2 Å². The van der Waals surface area contributed by atoms with Crippen LogP contribution in [0.25, 0.3) is 0 Å². The van der Waals surface area contributed by atoms with Crippen molar-refractivity contribution < 1.29 is 8.78 Å². The summed E-state index contributed by atoms with van der Waals surface area (Å²) in [6, 6.07) is 12.2. The summed E-state index contributed by atoms with van der Waals surface area (Å²) in [4.78, 5) is 6.97. The van der Waals surface area contributed by atoms with Gasteiger partial charge in [-0.3, -0.25) is 5.73 Å². The number of hydrogen-bond acceptors (Lipinski definition) is 5. The van der Waals surface area contributed by atoms with Gasteiger partial charge >= 0.3 is 0 Å². The van der Waals surface area contributed by atoms with Gasteiger partial charge in [0.25, 0.3) is 0 Å². The minimum absolute atomic E-state index is 0.248. The average Bonchev–Trinajstić information content (AvgIpc) is 2.76. The Balaban J connectivity index is 1.34. The molecule has 0 bridgehead atoms. The molecule has 31 heavy (non-hydrogen) atoms. The second kappa shape index (κ2) is 8.93. The minimum atomic E-state index is -0.809. The molecule has 166 valence electrons. The lowest BCUT2D eigenvalue weighted by Crippen LogP contribution is -2.56. The molecule has 2 aromatic carbocycles. The number of hydrogen-bond donors (Lipinski definition) is 3. The Morgan fingerprint density at radius 1 is 1.10 bits per heavy atom. The van der Waals surface area contributed by atoms with E-state index in [4.69, 9.17) is 10.7 Å². The Labute approximate surface area is 182 Å². The Hall–Kier alpha value is -2.51. The van der Waals surface area contributed by atoms with Crippen molar-refractivity contribution in [2.75, 3.05) is 26.0 Å². The van der Waals surface area contributed by atoms with Gasteiger partial charge in [0.15, 0.2) is 17.4 Å². The van der Waals surface area contributed by atoms with Gasteiger partial charge in [-0.25, -0.2) is 13.8 Å². The highest BCUT2D eigenvalue weighted by Gasteiger charge is 2.40. The Kier molecular flexibility index (Phi) is 6.25. The van der Waals surface area contributed by atoms with E-state index in [-0.39, 0.29) is 5.92 Å². The van der Waals surface area contributed by atoms with Gasteiger partial charge in [0.2, 0.25) is 0 Å². The summed E-state index contributed by atoms with van der Waals surface area (Å²) in [6.07, 6.45) is 4.11. The van der Waals surface area contributed by atoms with Gasteiger partial charge in [0.1, 0.15) is 5.84 Å². The summed E-state index contributed by atoms with van der Waals surface area (Å²) in [5.74, 6) is -0.717. The number of nitrogens with two attached hydrogens (primary N) is 1. The molecule has 0 radical (unpaired) electrons. The zero-order chi connectivity index (χ0) is 22.0. The summed E-state index contributed by atoms with van der Waals surface area (Å²) >= 11 is 0. The third kappa shape index (κ3) is 4.72. The van der Waals surface area contributed by atoms with E-state index in [0.717, 1.165) is 54.9 Å². The molecule has 0 spiro atoms. The van der Waals surface area contributed by atoms with Crippen LogP contribution in [0.15, 0.2) is 47.5 Å². The van der Waals surface area contributed by atoms with E-state index < -0.39 is 17.4 Å². The maximum absolute atomic E-state index is 13.4. The van der Waals surface area contributed by atoms with Gasteiger partial charge in [-0.1, -0.05) is 18.2 Å². The van der Waals surface area contributed by atoms with E-state index >= 15 is 0 Å². The molecule has 1 aliphatic carbocycles. The van der Waals surface area contributed by atoms with Gasteiger partial charge in [0, 0.05) is 37.8 Å². The highest BCUT2D eigenvalue weighted by Crippen LogP contribution is 2.38. The first-order valence-corrected chi connectivity index (χ1v) is 10.9. The zero-order valence-electron chi connectivity index (χ0n) is 18.2. The lowest BCUT2D eigenvalue weighted by Gasteiger charge is -2.43. The lowest BCUT2D eigenvalue weighted by atomic mass is 9.78. The first-order valence-electron chi connectivity index (χ1n) is 10.9. The molecule has 0 amide bonds. The minimum Gasteiger partial charge on any atom is -0.362 e. The molecule has 5 nitrogen and oxygen atoms in total. The fraction of sp³-hybridized carbons (Fsp3) is 0.458. The molecule has 2 aliphatic rings. The Morgan fingerprint density at radius 3 is 2.55 bits per heavy atom. The second-order valence-corrected chi connectivity index (χ2v) is 8.92. The number of halogens is 2. The van der Waals surface area contributed by atoms with Crippen LogP contribution in [0.5, 0.6) is 0 Å². The van der Waals surface area contributed by atoms with Crippen molar-refractivity contribution in [3.63, 3.8) is 0 Å². The standard InChI is InChI=1S/C24H31F2N5/c1-31(2)23-19-5-3-4-6-22(19)29-24(27,30-23)18-10-7-16(8-11-18)14-28-15-17-9-12-20(25)21(26)13-17/h3-6,9,12-13,16,18,28-29H,7-8,10-11,14-15,27H2,1-2H3. The number of rotatable bonds is 5. The fourth-order valence-corrected chi connectivity index (χ4v) is 4.68. The van der Waals surface area contributed by atoms with Crippen LogP contribution in [-0.2, 0) is 6.54 Å². The van der Waals surface area contributed by atoms with Crippen molar-refractivity contribution in [3.05, 3.63) is 65.2 Å². The van der Waals surface area contributed by atoms with Crippen molar-refractivity contribution >= 4 is 11.5 Å². The molecule has 2 aromatic rings. The molecule has 0 saturated heterocycles. The van der Waals surface area contributed by atoms with Crippen molar-refractivity contribution in [3.8, 4) is 0 Å². The number of aliphatic imine (C=N–C) groups is 1. The van der Waals surface area contributed by atoms with E-state index in [2.05, 4.69) is 22.8 Å². The number of fused-ring (bicyclic) bond motifs is 1. The van der Waals surface area contributed by atoms with Crippen LogP contribution < -0.4 is 16.4 Å². The topological polar surface area (TPSA) is 65.7 Å². The maximum Gasteiger partial charge on any atom is 0.187 e. The second-order valence-electron chi connectivity index (χ2n) is 8.92. The molecule has 0 aromatic heterocycles. The summed E-state index contributed by atoms with van der Waals surface area (Å²) in [5.41, 5.74) is 9.67. The van der Waals surface area contributed by atoms with Gasteiger partial charge in [0.05, 0.1) is 0 Å². The number of benzene rings is 2. The quantitative estimate of drug-likeness (QED) is 0.677. The summed E-state index contributed by atoms with van der Waals surface area (Å²) in [7, 11) is 3.99. The average molecular weight is 428 g/mol. The van der Waals surface area contributed by atoms with E-state index in [1.165, 1.54) is 12.1 Å².